The van der Waals surface area contributed by atoms with Crippen LogP contribution < -0.4 is 9.47 Å². The van der Waals surface area contributed by atoms with E-state index in [2.05, 4.69) is 56.8 Å². The van der Waals surface area contributed by atoms with Crippen molar-refractivity contribution >= 4 is 5.97 Å². The van der Waals surface area contributed by atoms with E-state index in [9.17, 15) is 4.79 Å². The van der Waals surface area contributed by atoms with Gasteiger partial charge in [-0.15, -0.1) is 0 Å². The number of allylic oxidation sites excluding steroid dienone is 1. The molecule has 1 saturated heterocycles. The molecular weight excluding hydrogens is 582 g/mol. The molecule has 2 atom stereocenters. The molecule has 13 heteroatoms. The van der Waals surface area contributed by atoms with Crippen LogP contribution in [0.1, 0.15) is 18.4 Å². The summed E-state index contributed by atoms with van der Waals surface area (Å²) in [4.78, 5) is 11.0. The molecule has 4 radical (unpaired) electrons. The number of carbonyl (C=O) groups excluding carboxylic acids is 1. The Labute approximate surface area is 236 Å². The van der Waals surface area contributed by atoms with Gasteiger partial charge in [-0.25, -0.2) is 4.79 Å². The summed E-state index contributed by atoms with van der Waals surface area (Å²) in [7, 11) is 4.57. The zero-order chi connectivity index (χ0) is 28.7. The van der Waals surface area contributed by atoms with Crippen LogP contribution in [0.5, 0.6) is 11.5 Å². The van der Waals surface area contributed by atoms with Crippen molar-refractivity contribution in [1.82, 2.24) is 0 Å². The Hall–Kier alpha value is -2.82. The molecule has 1 fully saturated rings. The van der Waals surface area contributed by atoms with Gasteiger partial charge in [-0.2, -0.15) is 0 Å². The molecule has 0 unspecified atom stereocenters. The third-order valence-electron chi connectivity index (χ3n) is 3.38. The summed E-state index contributed by atoms with van der Waals surface area (Å²) in [6.45, 7) is 27.0. The molecule has 200 valence electrons. The molecule has 1 heterocycles. The molecule has 0 aromatic heterocycles. The van der Waals surface area contributed by atoms with Gasteiger partial charge in [0.1, 0.15) is 17.6 Å². The van der Waals surface area contributed by atoms with Gasteiger partial charge in [0, 0.05) is 45.7 Å². The molecule has 1 aliphatic rings. The number of carbonyl (C=O) groups is 1. The van der Waals surface area contributed by atoms with E-state index >= 15 is 0 Å². The van der Waals surface area contributed by atoms with E-state index in [1.165, 1.54) is 13.2 Å². The molecule has 0 aliphatic carbocycles. The van der Waals surface area contributed by atoms with Gasteiger partial charge in [0.25, 0.3) is 0 Å². The van der Waals surface area contributed by atoms with Gasteiger partial charge in [0.05, 0.1) is 27.4 Å². The Bertz CT molecular complexity index is 785. The van der Waals surface area contributed by atoms with E-state index in [0.29, 0.717) is 17.9 Å². The van der Waals surface area contributed by atoms with Crippen LogP contribution in [0.4, 0.5) is 0 Å². The maximum Gasteiger partial charge on any atom is 0 e. The monoisotopic (exact) mass is 602 g/mol. The van der Waals surface area contributed by atoms with Crippen LogP contribution in [0.2, 0.25) is 0 Å². The molecule has 0 saturated carbocycles. The van der Waals surface area contributed by atoms with Crippen LogP contribution in [-0.2, 0) is 75.7 Å². The second-order valence-corrected chi connectivity index (χ2v) is 4.96. The van der Waals surface area contributed by atoms with Gasteiger partial charge in [-0.1, -0.05) is 0 Å². The van der Waals surface area contributed by atoms with Crippen LogP contribution in [0.3, 0.4) is 0 Å². The Kier molecular flexibility index (Phi) is 59.6. The third-order valence-corrected chi connectivity index (χ3v) is 3.38. The minimum Gasteiger partial charge on any atom is 0 e. The van der Waals surface area contributed by atoms with Crippen molar-refractivity contribution in [1.29, 1.82) is 0 Å². The summed E-state index contributed by atoms with van der Waals surface area (Å²) in [5, 5.41) is 0. The van der Waals surface area contributed by atoms with Crippen LogP contribution >= 0.6 is 0 Å². The van der Waals surface area contributed by atoms with Crippen LogP contribution in [0.15, 0.2) is 30.4 Å². The van der Waals surface area contributed by atoms with E-state index in [4.69, 9.17) is 42.1 Å². The number of epoxide rings is 1. The minimum absolute atomic E-state index is 0. The second kappa shape index (κ2) is 43.3. The van der Waals surface area contributed by atoms with E-state index in [-0.39, 0.29) is 51.7 Å². The summed E-state index contributed by atoms with van der Waals surface area (Å²) in [5.41, 5.74) is 0.847. The quantitative estimate of drug-likeness (QED) is 0.146. The van der Waals surface area contributed by atoms with Crippen molar-refractivity contribution in [2.45, 2.75) is 25.0 Å². The molecule has 0 spiro atoms. The fraction of sp³-hybridized carbons (Fsp3) is 0.292. The fourth-order valence-electron chi connectivity index (χ4n) is 2.06. The molecule has 1 aromatic rings. The molecule has 11 nitrogen and oxygen atoms in total. The molecule has 0 amide bonds. The number of ether oxygens (including phenoxy) is 4. The van der Waals surface area contributed by atoms with Crippen molar-refractivity contribution in [2.24, 2.45) is 0 Å². The Morgan fingerprint density at radius 1 is 0.865 bits per heavy atom. The molecule has 37 heavy (non-hydrogen) atoms. The van der Waals surface area contributed by atoms with Gasteiger partial charge in [0.15, 0.2) is 0 Å². The maximum absolute atomic E-state index is 11.0. The van der Waals surface area contributed by atoms with Gasteiger partial charge >= 0.3 is 73.8 Å². The minimum atomic E-state index is -0.369. The van der Waals surface area contributed by atoms with Gasteiger partial charge in [-0.3, -0.25) is 0 Å². The Morgan fingerprint density at radius 3 is 1.68 bits per heavy atom. The normalized spacial score (nSPS) is 12.7. The number of hydrogen-bond donors (Lipinski definition) is 0. The molecule has 1 aromatic carbocycles. The van der Waals surface area contributed by atoms with Gasteiger partial charge in [0.2, 0.25) is 0 Å². The summed E-state index contributed by atoms with van der Waals surface area (Å²) >= 11 is 0. The van der Waals surface area contributed by atoms with Crippen molar-refractivity contribution in [3.8, 4) is 11.5 Å². The first-order valence-electron chi connectivity index (χ1n) is 8.52. The van der Waals surface area contributed by atoms with E-state index in [1.807, 2.05) is 18.2 Å². The van der Waals surface area contributed by atoms with Crippen molar-refractivity contribution in [3.63, 3.8) is 0 Å². The SMILES string of the molecule is COC(=O)/C=C/[C@@H]1O[C@H]1CC[C]=[C]c1cc(OC)cc(OC)c1.[C-]#[O+].[C-]#[O+].[C-]#[O+].[C-]#[O+].[C-]#[O+].[C-]#[O+].[Co].[Co]. The second-order valence-electron chi connectivity index (χ2n) is 4.96. The van der Waals surface area contributed by atoms with Crippen molar-refractivity contribution in [2.75, 3.05) is 21.3 Å². The largest absolute Gasteiger partial charge is 0 e. The Morgan fingerprint density at radius 2 is 1.30 bits per heavy atom. The van der Waals surface area contributed by atoms with E-state index < -0.39 is 0 Å². The number of esters is 1. The Balaban J connectivity index is -0.000000113. The third kappa shape index (κ3) is 29.3. The zero-order valence-corrected chi connectivity index (χ0v) is 21.7. The van der Waals surface area contributed by atoms with Gasteiger partial charge < -0.3 is 18.9 Å². The summed E-state index contributed by atoms with van der Waals surface area (Å²) in [5.74, 6) is 1.06. The van der Waals surface area contributed by atoms with Crippen LogP contribution in [-0.4, -0.2) is 39.5 Å². The predicted octanol–water partition coefficient (Wildman–Crippen LogP) is 2.26. The predicted molar refractivity (Wildman–Crippen MR) is 108 cm³/mol. The topological polar surface area (TPSA) is 177 Å². The van der Waals surface area contributed by atoms with Crippen molar-refractivity contribution < 1.29 is 85.2 Å². The number of rotatable bonds is 8. The average Bonchev–Trinajstić information content (AvgIpc) is 3.74. The number of hydrogen-bond acceptors (Lipinski definition) is 5. The summed E-state index contributed by atoms with van der Waals surface area (Å²) in [6, 6.07) is 5.54. The molecule has 0 N–H and O–H groups in total. The van der Waals surface area contributed by atoms with Gasteiger partial charge in [-0.05, 0) is 48.8 Å². The van der Waals surface area contributed by atoms with Crippen LogP contribution in [0.25, 0.3) is 0 Å². The number of benzene rings is 1. The zero-order valence-electron chi connectivity index (χ0n) is 19.6. The maximum atomic E-state index is 11.0. The molecule has 2 rings (SSSR count). The molecular formula is C24H20Co2O11. The average molecular weight is 602 g/mol. The first kappa shape index (κ1) is 50.9. The first-order valence-corrected chi connectivity index (χ1v) is 8.52. The number of methoxy groups -OCH3 is 3. The molecule has 1 aliphatic heterocycles. The molecule has 0 bridgehead atoms. The smallest absolute Gasteiger partial charge is 0 e. The van der Waals surface area contributed by atoms with Crippen molar-refractivity contribution in [3.05, 3.63) is 88.0 Å². The standard InChI is InChI=1S/C18H20O5.6CO.2Co/c1-20-14-10-13(11-15(12-14)21-2)6-4-5-7-16-17(23-16)8-9-18(19)22-3;6*1-2;;/h8-12,16-17H,5,7H2,1-3H3;;;;;;;;/b6-4?,9-8+;;;;;;;;/t16-,17-;;;;;;;;/m0......../s1. The summed E-state index contributed by atoms with van der Waals surface area (Å²) in [6.07, 6.45) is 11.0. The first-order chi connectivity index (χ1) is 17.2. The fourth-order valence-corrected chi connectivity index (χ4v) is 2.06. The summed E-state index contributed by atoms with van der Waals surface area (Å²) < 4.78 is 65.4. The van der Waals surface area contributed by atoms with Crippen LogP contribution in [0, 0.1) is 52.1 Å². The van der Waals surface area contributed by atoms with E-state index in [1.54, 1.807) is 20.3 Å². The van der Waals surface area contributed by atoms with E-state index in [0.717, 1.165) is 12.0 Å².